The lowest BCUT2D eigenvalue weighted by molar-refractivity contribution is 0.197. The molecule has 3 aromatic rings. The number of para-hydroxylation sites is 1. The highest BCUT2D eigenvalue weighted by atomic mass is 32.2. The molecule has 2 unspecified atom stereocenters. The van der Waals surface area contributed by atoms with Gasteiger partial charge in [-0.15, -0.1) is 0 Å². The molecule has 1 heterocycles. The molecule has 2 N–H and O–H groups in total. The van der Waals surface area contributed by atoms with Crippen LogP contribution in [-0.4, -0.2) is 13.7 Å². The lowest BCUT2D eigenvalue weighted by atomic mass is 10.0. The second-order valence-electron chi connectivity index (χ2n) is 5.11. The van der Waals surface area contributed by atoms with E-state index in [9.17, 15) is 4.21 Å². The number of hydrogen-bond donors (Lipinski definition) is 2. The van der Waals surface area contributed by atoms with Crippen LogP contribution >= 0.6 is 0 Å². The van der Waals surface area contributed by atoms with Crippen molar-refractivity contribution in [2.75, 3.05) is 0 Å². The highest BCUT2D eigenvalue weighted by molar-refractivity contribution is 7.74. The first-order chi connectivity index (χ1) is 10.7. The minimum Gasteiger partial charge on any atom is -0.361 e. The van der Waals surface area contributed by atoms with Gasteiger partial charge in [-0.3, -0.25) is 8.74 Å². The van der Waals surface area contributed by atoms with Crippen molar-refractivity contribution in [1.82, 2.24) is 4.98 Å². The molecule has 5 heteroatoms. The Morgan fingerprint density at radius 2 is 1.82 bits per heavy atom. The number of benzene rings is 2. The van der Waals surface area contributed by atoms with Crippen LogP contribution in [0.4, 0.5) is 0 Å². The number of fused-ring (bicyclic) bond motifs is 1. The SMILES string of the molecule is O=S(O)OC(CCc1c[nH]c2ccccc12)c1ccccc1. The van der Waals surface area contributed by atoms with Crippen LogP contribution in [0.2, 0.25) is 0 Å². The summed E-state index contributed by atoms with van der Waals surface area (Å²) in [7, 11) is 0. The summed E-state index contributed by atoms with van der Waals surface area (Å²) in [5.74, 6) is 0. The first kappa shape index (κ1) is 15.0. The molecular weight excluding hydrogens is 298 g/mol. The minimum absolute atomic E-state index is 0.402. The molecule has 3 rings (SSSR count). The van der Waals surface area contributed by atoms with Gasteiger partial charge in [0.1, 0.15) is 6.10 Å². The maximum absolute atomic E-state index is 11.0. The van der Waals surface area contributed by atoms with Gasteiger partial charge in [0.15, 0.2) is 0 Å². The van der Waals surface area contributed by atoms with E-state index in [0.717, 1.165) is 17.5 Å². The fourth-order valence-electron chi connectivity index (χ4n) is 2.66. The van der Waals surface area contributed by atoms with Gasteiger partial charge in [0, 0.05) is 17.1 Å². The zero-order valence-electron chi connectivity index (χ0n) is 11.9. The molecule has 2 atom stereocenters. The van der Waals surface area contributed by atoms with E-state index in [1.54, 1.807) is 0 Å². The number of hydrogen-bond acceptors (Lipinski definition) is 2. The summed E-state index contributed by atoms with van der Waals surface area (Å²) in [5.41, 5.74) is 3.19. The van der Waals surface area contributed by atoms with E-state index >= 15 is 0 Å². The average Bonchev–Trinajstić information content (AvgIpc) is 2.95. The first-order valence-electron chi connectivity index (χ1n) is 7.12. The van der Waals surface area contributed by atoms with Gasteiger partial charge in [-0.05, 0) is 30.0 Å². The molecule has 0 aliphatic heterocycles. The second kappa shape index (κ2) is 6.87. The Hall–Kier alpha value is -1.95. The largest absolute Gasteiger partial charge is 0.361 e. The predicted octanol–water partition coefficient (Wildman–Crippen LogP) is 4.00. The number of H-pyrrole nitrogens is 1. The second-order valence-corrected chi connectivity index (χ2v) is 5.74. The molecule has 0 aliphatic carbocycles. The summed E-state index contributed by atoms with van der Waals surface area (Å²) < 4.78 is 25.3. The molecule has 0 fully saturated rings. The van der Waals surface area contributed by atoms with E-state index in [-0.39, 0.29) is 0 Å². The number of aromatic nitrogens is 1. The van der Waals surface area contributed by atoms with Crippen molar-refractivity contribution in [2.45, 2.75) is 18.9 Å². The number of aromatic amines is 1. The summed E-state index contributed by atoms with van der Waals surface area (Å²) >= 11 is -2.28. The third-order valence-corrected chi connectivity index (χ3v) is 4.12. The van der Waals surface area contributed by atoms with E-state index in [1.165, 1.54) is 10.9 Å². The lowest BCUT2D eigenvalue weighted by Gasteiger charge is -2.15. The maximum Gasteiger partial charge on any atom is 0.302 e. The van der Waals surface area contributed by atoms with Gasteiger partial charge < -0.3 is 4.98 Å². The molecule has 0 radical (unpaired) electrons. The Morgan fingerprint density at radius 1 is 1.09 bits per heavy atom. The topological polar surface area (TPSA) is 62.3 Å². The Morgan fingerprint density at radius 3 is 2.59 bits per heavy atom. The summed E-state index contributed by atoms with van der Waals surface area (Å²) in [6, 6.07) is 17.6. The molecular formula is C17H17NO3S. The molecule has 114 valence electrons. The Labute approximate surface area is 131 Å². The molecule has 0 saturated heterocycles. The Balaban J connectivity index is 1.78. The molecule has 0 bridgehead atoms. The van der Waals surface area contributed by atoms with Crippen molar-refractivity contribution >= 4 is 22.3 Å². The average molecular weight is 315 g/mol. The van der Waals surface area contributed by atoms with Gasteiger partial charge in [0.05, 0.1) is 0 Å². The maximum atomic E-state index is 11.0. The van der Waals surface area contributed by atoms with Gasteiger partial charge in [-0.25, -0.2) is 0 Å². The van der Waals surface area contributed by atoms with E-state index < -0.39 is 17.5 Å². The molecule has 22 heavy (non-hydrogen) atoms. The summed E-state index contributed by atoms with van der Waals surface area (Å²) in [5, 5.41) is 1.18. The van der Waals surface area contributed by atoms with Crippen LogP contribution in [0, 0.1) is 0 Å². The van der Waals surface area contributed by atoms with E-state index in [2.05, 4.69) is 11.1 Å². The Bertz CT molecular complexity index is 770. The molecule has 1 aromatic heterocycles. The van der Waals surface area contributed by atoms with Crippen LogP contribution in [0.25, 0.3) is 10.9 Å². The van der Waals surface area contributed by atoms with Gasteiger partial charge in [0.25, 0.3) is 0 Å². The van der Waals surface area contributed by atoms with Gasteiger partial charge >= 0.3 is 11.4 Å². The van der Waals surface area contributed by atoms with Crippen molar-refractivity contribution < 1.29 is 12.9 Å². The summed E-state index contributed by atoms with van der Waals surface area (Å²) in [6.07, 6.45) is 2.99. The standard InChI is InChI=1S/C17H17NO3S/c19-22(20)21-17(13-6-2-1-3-7-13)11-10-14-12-18-16-9-5-4-8-15(14)16/h1-9,12,17-18H,10-11H2,(H,19,20). The number of aryl methyl sites for hydroxylation is 1. The molecule has 0 spiro atoms. The van der Waals surface area contributed by atoms with Crippen molar-refractivity contribution in [3.8, 4) is 0 Å². The van der Waals surface area contributed by atoms with Crippen molar-refractivity contribution in [1.29, 1.82) is 0 Å². The van der Waals surface area contributed by atoms with Gasteiger partial charge in [-0.2, -0.15) is 4.21 Å². The summed E-state index contributed by atoms with van der Waals surface area (Å²) in [4.78, 5) is 3.24. The molecule has 2 aromatic carbocycles. The first-order valence-corrected chi connectivity index (χ1v) is 8.15. The van der Waals surface area contributed by atoms with Crippen molar-refractivity contribution in [3.05, 3.63) is 71.9 Å². The highest BCUT2D eigenvalue weighted by Crippen LogP contribution is 2.26. The van der Waals surface area contributed by atoms with Crippen LogP contribution in [0.15, 0.2) is 60.8 Å². The van der Waals surface area contributed by atoms with E-state index in [4.69, 9.17) is 8.74 Å². The van der Waals surface area contributed by atoms with E-state index in [0.29, 0.717) is 6.42 Å². The molecule has 0 saturated carbocycles. The summed E-state index contributed by atoms with van der Waals surface area (Å²) in [6.45, 7) is 0. The molecule has 0 aliphatic rings. The third-order valence-electron chi connectivity index (χ3n) is 3.72. The fraction of sp³-hybridized carbons (Fsp3) is 0.176. The highest BCUT2D eigenvalue weighted by Gasteiger charge is 2.16. The van der Waals surface area contributed by atoms with E-state index in [1.807, 2.05) is 54.7 Å². The predicted molar refractivity (Wildman–Crippen MR) is 87.7 cm³/mol. The normalized spacial score (nSPS) is 14.0. The smallest absolute Gasteiger partial charge is 0.302 e. The van der Waals surface area contributed by atoms with Crippen molar-refractivity contribution in [2.24, 2.45) is 0 Å². The quantitative estimate of drug-likeness (QED) is 0.676. The zero-order valence-corrected chi connectivity index (χ0v) is 12.8. The fourth-order valence-corrected chi connectivity index (χ4v) is 3.07. The van der Waals surface area contributed by atoms with Crippen molar-refractivity contribution in [3.63, 3.8) is 0 Å². The monoisotopic (exact) mass is 315 g/mol. The van der Waals surface area contributed by atoms with Crippen LogP contribution in [0.3, 0.4) is 0 Å². The minimum atomic E-state index is -2.28. The molecule has 4 nitrogen and oxygen atoms in total. The van der Waals surface area contributed by atoms with Gasteiger partial charge in [-0.1, -0.05) is 48.5 Å². The van der Waals surface area contributed by atoms with Crippen LogP contribution < -0.4 is 0 Å². The zero-order chi connectivity index (χ0) is 15.4. The number of nitrogens with one attached hydrogen (secondary N) is 1. The van der Waals surface area contributed by atoms with Crippen LogP contribution in [0.1, 0.15) is 23.7 Å². The van der Waals surface area contributed by atoms with Crippen LogP contribution in [-0.2, 0) is 22.0 Å². The number of rotatable bonds is 6. The third kappa shape index (κ3) is 3.44. The van der Waals surface area contributed by atoms with Gasteiger partial charge in [0.2, 0.25) is 0 Å². The molecule has 0 amide bonds. The van der Waals surface area contributed by atoms with Crippen LogP contribution in [0.5, 0.6) is 0 Å². The Kier molecular flexibility index (Phi) is 4.68. The lowest BCUT2D eigenvalue weighted by Crippen LogP contribution is -2.07.